The van der Waals surface area contributed by atoms with Crippen molar-refractivity contribution >= 4 is 22.8 Å². The quantitative estimate of drug-likeness (QED) is 0.645. The highest BCUT2D eigenvalue weighted by atomic mass is 16.5. The lowest BCUT2D eigenvalue weighted by atomic mass is 10.1. The van der Waals surface area contributed by atoms with Crippen molar-refractivity contribution in [2.45, 2.75) is 6.54 Å². The van der Waals surface area contributed by atoms with E-state index in [0.717, 1.165) is 5.56 Å². The first kappa shape index (κ1) is 19.2. The molecule has 9 heteroatoms. The lowest BCUT2D eigenvalue weighted by Gasteiger charge is -2.11. The normalized spacial score (nSPS) is 10.6. The average Bonchev–Trinajstić information content (AvgIpc) is 3.11. The largest absolute Gasteiger partial charge is 0.497 e. The number of esters is 1. The Kier molecular flexibility index (Phi) is 5.44. The number of carbonyl (C=O) groups excluding carboxylic acids is 2. The van der Waals surface area contributed by atoms with Crippen molar-refractivity contribution < 1.29 is 23.8 Å². The molecule has 28 heavy (non-hydrogen) atoms. The van der Waals surface area contributed by atoms with Crippen molar-refractivity contribution in [3.63, 3.8) is 0 Å². The summed E-state index contributed by atoms with van der Waals surface area (Å²) in [6.07, 6.45) is 1.51. The number of nitrogens with zero attached hydrogens (tertiary/aromatic N) is 3. The zero-order valence-corrected chi connectivity index (χ0v) is 16.0. The van der Waals surface area contributed by atoms with Gasteiger partial charge in [0, 0.05) is 25.2 Å². The van der Waals surface area contributed by atoms with Crippen LogP contribution in [0.1, 0.15) is 26.5 Å². The molecule has 2 aromatic heterocycles. The number of hydrogen-bond acceptors (Lipinski definition) is 7. The van der Waals surface area contributed by atoms with Gasteiger partial charge in [-0.25, -0.2) is 9.78 Å². The Bertz CT molecular complexity index is 1040. The highest BCUT2D eigenvalue weighted by molar-refractivity contribution is 6.04. The minimum absolute atomic E-state index is 0.0419. The molecule has 146 valence electrons. The standard InChI is InChI=1S/C19H20N4O5/c1-23-15-8-14(22-17(19(25)28-4)13(15)10-21-23)18(24)20-9-11-5-6-12(26-2)7-16(11)27-3/h5-8,10H,9H2,1-4H3,(H,20,24). The van der Waals surface area contributed by atoms with Gasteiger partial charge < -0.3 is 19.5 Å². The van der Waals surface area contributed by atoms with Crippen molar-refractivity contribution in [1.29, 1.82) is 0 Å². The predicted molar refractivity (Wildman–Crippen MR) is 101 cm³/mol. The van der Waals surface area contributed by atoms with Gasteiger partial charge in [0.15, 0.2) is 5.69 Å². The second-order valence-corrected chi connectivity index (χ2v) is 5.91. The first-order chi connectivity index (χ1) is 13.5. The number of benzene rings is 1. The second-order valence-electron chi connectivity index (χ2n) is 5.91. The summed E-state index contributed by atoms with van der Waals surface area (Å²) in [7, 11) is 6.08. The summed E-state index contributed by atoms with van der Waals surface area (Å²) in [5.74, 6) is 0.165. The van der Waals surface area contributed by atoms with E-state index in [0.29, 0.717) is 22.4 Å². The average molecular weight is 384 g/mol. The van der Waals surface area contributed by atoms with Crippen molar-refractivity contribution in [1.82, 2.24) is 20.1 Å². The van der Waals surface area contributed by atoms with E-state index >= 15 is 0 Å². The third-order valence-electron chi connectivity index (χ3n) is 4.29. The van der Waals surface area contributed by atoms with Crippen LogP contribution in [0.5, 0.6) is 11.5 Å². The lowest BCUT2D eigenvalue weighted by Crippen LogP contribution is -2.25. The molecule has 0 aliphatic carbocycles. The molecular formula is C19H20N4O5. The molecule has 0 saturated carbocycles. The van der Waals surface area contributed by atoms with E-state index in [-0.39, 0.29) is 17.9 Å². The first-order valence-electron chi connectivity index (χ1n) is 8.38. The molecular weight excluding hydrogens is 364 g/mol. The first-order valence-corrected chi connectivity index (χ1v) is 8.38. The van der Waals surface area contributed by atoms with E-state index in [1.54, 1.807) is 50.2 Å². The highest BCUT2D eigenvalue weighted by Crippen LogP contribution is 2.24. The molecule has 3 rings (SSSR count). The smallest absolute Gasteiger partial charge is 0.357 e. The van der Waals surface area contributed by atoms with Crippen molar-refractivity contribution in [2.24, 2.45) is 7.05 Å². The molecule has 0 fully saturated rings. The molecule has 0 saturated heterocycles. The Morgan fingerprint density at radius 1 is 1.14 bits per heavy atom. The predicted octanol–water partition coefficient (Wildman–Crippen LogP) is 1.70. The van der Waals surface area contributed by atoms with Crippen LogP contribution in [-0.4, -0.2) is 48.0 Å². The molecule has 2 heterocycles. The third kappa shape index (κ3) is 3.59. The van der Waals surface area contributed by atoms with E-state index in [1.165, 1.54) is 13.3 Å². The van der Waals surface area contributed by atoms with Gasteiger partial charge in [-0.3, -0.25) is 9.48 Å². The summed E-state index contributed by atoms with van der Waals surface area (Å²) >= 11 is 0. The molecule has 0 unspecified atom stereocenters. The van der Waals surface area contributed by atoms with E-state index in [9.17, 15) is 9.59 Å². The zero-order chi connectivity index (χ0) is 20.3. The number of nitrogens with one attached hydrogen (secondary N) is 1. The van der Waals surface area contributed by atoms with Gasteiger partial charge in [0.2, 0.25) is 0 Å². The topological polar surface area (TPSA) is 105 Å². The van der Waals surface area contributed by atoms with Crippen LogP contribution in [0.4, 0.5) is 0 Å². The monoisotopic (exact) mass is 384 g/mol. The number of methoxy groups -OCH3 is 3. The molecule has 0 bridgehead atoms. The number of aromatic nitrogens is 3. The molecule has 0 radical (unpaired) electrons. The summed E-state index contributed by atoms with van der Waals surface area (Å²) in [6, 6.07) is 6.89. The van der Waals surface area contributed by atoms with Crippen molar-refractivity contribution in [3.8, 4) is 11.5 Å². The summed E-state index contributed by atoms with van der Waals surface area (Å²) in [5, 5.41) is 7.42. The van der Waals surface area contributed by atoms with Crippen LogP contribution >= 0.6 is 0 Å². The van der Waals surface area contributed by atoms with Crippen LogP contribution in [0, 0.1) is 0 Å². The van der Waals surface area contributed by atoms with Crippen molar-refractivity contribution in [2.75, 3.05) is 21.3 Å². The summed E-state index contributed by atoms with van der Waals surface area (Å²) < 4.78 is 16.8. The Labute approximate surface area is 161 Å². The molecule has 0 aliphatic rings. The highest BCUT2D eigenvalue weighted by Gasteiger charge is 2.20. The Morgan fingerprint density at radius 3 is 2.61 bits per heavy atom. The van der Waals surface area contributed by atoms with Crippen LogP contribution in [0.25, 0.3) is 10.9 Å². The van der Waals surface area contributed by atoms with Gasteiger partial charge in [0.05, 0.1) is 38.4 Å². The summed E-state index contributed by atoms with van der Waals surface area (Å²) in [6.45, 7) is 0.213. The van der Waals surface area contributed by atoms with Gasteiger partial charge in [0.25, 0.3) is 5.91 Å². The van der Waals surface area contributed by atoms with Gasteiger partial charge in [-0.2, -0.15) is 5.10 Å². The van der Waals surface area contributed by atoms with Crippen LogP contribution in [0.3, 0.4) is 0 Å². The molecule has 1 aromatic carbocycles. The second kappa shape index (κ2) is 7.95. The van der Waals surface area contributed by atoms with Gasteiger partial charge in [0.1, 0.15) is 17.2 Å². The zero-order valence-electron chi connectivity index (χ0n) is 16.0. The van der Waals surface area contributed by atoms with Crippen LogP contribution < -0.4 is 14.8 Å². The summed E-state index contributed by atoms with van der Waals surface area (Å²) in [5.41, 5.74) is 1.50. The van der Waals surface area contributed by atoms with Crippen LogP contribution in [0.15, 0.2) is 30.5 Å². The molecule has 0 spiro atoms. The SMILES string of the molecule is COC(=O)c1nc(C(=O)NCc2ccc(OC)cc2OC)cc2c1cnn2C. The molecule has 0 atom stereocenters. The minimum atomic E-state index is -0.635. The van der Waals surface area contributed by atoms with Gasteiger partial charge in [-0.1, -0.05) is 0 Å². The fourth-order valence-electron chi connectivity index (χ4n) is 2.78. The van der Waals surface area contributed by atoms with E-state index in [1.807, 2.05) is 0 Å². The number of amides is 1. The van der Waals surface area contributed by atoms with Gasteiger partial charge in [-0.15, -0.1) is 0 Å². The molecule has 0 aliphatic heterocycles. The maximum absolute atomic E-state index is 12.7. The van der Waals surface area contributed by atoms with Gasteiger partial charge in [-0.05, 0) is 18.2 Å². The molecule has 3 aromatic rings. The van der Waals surface area contributed by atoms with Crippen LogP contribution in [-0.2, 0) is 18.3 Å². The van der Waals surface area contributed by atoms with Crippen LogP contribution in [0.2, 0.25) is 0 Å². The van der Waals surface area contributed by atoms with Gasteiger partial charge >= 0.3 is 5.97 Å². The Morgan fingerprint density at radius 2 is 1.93 bits per heavy atom. The number of ether oxygens (including phenoxy) is 3. The maximum atomic E-state index is 12.7. The summed E-state index contributed by atoms with van der Waals surface area (Å²) in [4.78, 5) is 28.9. The minimum Gasteiger partial charge on any atom is -0.497 e. The van der Waals surface area contributed by atoms with E-state index in [4.69, 9.17) is 14.2 Å². The Hall–Kier alpha value is -3.62. The molecule has 9 nitrogen and oxygen atoms in total. The van der Waals surface area contributed by atoms with Crippen molar-refractivity contribution in [3.05, 3.63) is 47.4 Å². The van der Waals surface area contributed by atoms with E-state index < -0.39 is 11.9 Å². The number of aryl methyl sites for hydroxylation is 1. The number of pyridine rings is 1. The molecule has 1 N–H and O–H groups in total. The third-order valence-corrected chi connectivity index (χ3v) is 4.29. The Balaban J connectivity index is 1.88. The maximum Gasteiger partial charge on any atom is 0.357 e. The molecule has 1 amide bonds. The number of hydrogen-bond donors (Lipinski definition) is 1. The lowest BCUT2D eigenvalue weighted by molar-refractivity contribution is 0.0596. The number of carbonyl (C=O) groups is 2. The van der Waals surface area contributed by atoms with E-state index in [2.05, 4.69) is 15.4 Å². The fourth-order valence-corrected chi connectivity index (χ4v) is 2.78. The number of fused-ring (bicyclic) bond motifs is 1. The number of rotatable bonds is 6. The fraction of sp³-hybridized carbons (Fsp3) is 0.263.